The zero-order valence-corrected chi connectivity index (χ0v) is 18.7. The number of esters is 1. The van der Waals surface area contributed by atoms with E-state index in [9.17, 15) is 22.8 Å². The van der Waals surface area contributed by atoms with Crippen LogP contribution < -0.4 is 4.72 Å². The summed E-state index contributed by atoms with van der Waals surface area (Å²) in [5.41, 5.74) is 2.26. The van der Waals surface area contributed by atoms with Crippen LogP contribution in [0.15, 0.2) is 71.6 Å². The Kier molecular flexibility index (Phi) is 5.73. The molecule has 0 radical (unpaired) electrons. The number of hydrogen-bond acceptors (Lipinski definition) is 6. The second kappa shape index (κ2) is 8.51. The number of benzene rings is 3. The molecule has 0 bridgehead atoms. The number of carbonyl (C=O) groups excluding carboxylic acids is 3. The van der Waals surface area contributed by atoms with Crippen molar-refractivity contribution in [2.45, 2.75) is 18.7 Å². The van der Waals surface area contributed by atoms with Gasteiger partial charge < -0.3 is 4.74 Å². The van der Waals surface area contributed by atoms with Gasteiger partial charge in [-0.3, -0.25) is 14.3 Å². The maximum absolute atomic E-state index is 12.8. The number of ether oxygens (including phenoxy) is 1. The molecular formula is C24H20N2O6S. The fraction of sp³-hybridized carbons (Fsp3) is 0.125. The predicted octanol–water partition coefficient (Wildman–Crippen LogP) is 3.51. The summed E-state index contributed by atoms with van der Waals surface area (Å²) in [5, 5.41) is 0. The molecule has 4 rings (SSSR count). The number of anilines is 1. The molecular weight excluding hydrogens is 444 g/mol. The van der Waals surface area contributed by atoms with Gasteiger partial charge in [-0.05, 0) is 61.4 Å². The Bertz CT molecular complexity index is 1360. The molecule has 0 atom stereocenters. The van der Waals surface area contributed by atoms with E-state index in [0.29, 0.717) is 11.3 Å². The maximum Gasteiger partial charge on any atom is 0.340 e. The Labute approximate surface area is 190 Å². The van der Waals surface area contributed by atoms with Crippen LogP contribution in [0.4, 0.5) is 5.69 Å². The van der Waals surface area contributed by atoms with Crippen molar-refractivity contribution in [1.82, 2.24) is 4.90 Å². The van der Waals surface area contributed by atoms with Gasteiger partial charge in [0.15, 0.2) is 6.73 Å². The number of rotatable bonds is 6. The number of imide groups is 1. The standard InChI is InChI=1S/C24H20N2O6S/c1-15-6-5-7-17(12-15)25-33(30,31)18-11-10-16(2)21(13-18)24(29)32-14-26-22(27)19-8-3-4-9-20(19)23(26)28/h3-13,25H,14H2,1-2H3. The number of sulfonamides is 1. The lowest BCUT2D eigenvalue weighted by atomic mass is 10.1. The van der Waals surface area contributed by atoms with Gasteiger partial charge in [-0.25, -0.2) is 18.1 Å². The molecule has 2 amide bonds. The maximum atomic E-state index is 12.8. The van der Waals surface area contributed by atoms with Crippen molar-refractivity contribution in [3.8, 4) is 0 Å². The number of carbonyl (C=O) groups is 3. The number of amides is 2. The smallest absolute Gasteiger partial charge is 0.340 e. The Morgan fingerprint density at radius 1 is 0.909 bits per heavy atom. The number of nitrogens with one attached hydrogen (secondary N) is 1. The van der Waals surface area contributed by atoms with Crippen LogP contribution in [0.5, 0.6) is 0 Å². The minimum absolute atomic E-state index is 0.0127. The lowest BCUT2D eigenvalue weighted by molar-refractivity contribution is 0.0227. The zero-order valence-electron chi connectivity index (χ0n) is 17.9. The topological polar surface area (TPSA) is 110 Å². The normalized spacial score (nSPS) is 13.1. The number of aryl methyl sites for hydroxylation is 2. The molecule has 1 N–H and O–H groups in total. The highest BCUT2D eigenvalue weighted by molar-refractivity contribution is 7.92. The van der Waals surface area contributed by atoms with Crippen LogP contribution in [-0.4, -0.2) is 37.8 Å². The fourth-order valence-electron chi connectivity index (χ4n) is 3.47. The largest absolute Gasteiger partial charge is 0.440 e. The minimum atomic E-state index is -3.96. The summed E-state index contributed by atoms with van der Waals surface area (Å²) in [5.74, 6) is -1.96. The first kappa shape index (κ1) is 22.2. The van der Waals surface area contributed by atoms with E-state index in [0.717, 1.165) is 10.5 Å². The van der Waals surface area contributed by atoms with Crippen molar-refractivity contribution >= 4 is 33.5 Å². The van der Waals surface area contributed by atoms with Crippen LogP contribution in [0.25, 0.3) is 0 Å². The van der Waals surface area contributed by atoms with Gasteiger partial charge in [0.1, 0.15) is 0 Å². The molecule has 8 nitrogen and oxygen atoms in total. The Balaban J connectivity index is 1.51. The van der Waals surface area contributed by atoms with Gasteiger partial charge >= 0.3 is 5.97 Å². The molecule has 3 aromatic rings. The Morgan fingerprint density at radius 3 is 2.21 bits per heavy atom. The monoisotopic (exact) mass is 464 g/mol. The van der Waals surface area contributed by atoms with E-state index in [1.54, 1.807) is 37.3 Å². The molecule has 9 heteroatoms. The van der Waals surface area contributed by atoms with Gasteiger partial charge in [-0.2, -0.15) is 0 Å². The second-order valence-electron chi connectivity index (χ2n) is 7.60. The van der Waals surface area contributed by atoms with Crippen molar-refractivity contribution in [3.63, 3.8) is 0 Å². The summed E-state index contributed by atoms with van der Waals surface area (Å²) in [6.45, 7) is 2.89. The second-order valence-corrected chi connectivity index (χ2v) is 9.28. The Morgan fingerprint density at radius 2 is 1.58 bits per heavy atom. The van der Waals surface area contributed by atoms with E-state index < -0.39 is 34.5 Å². The van der Waals surface area contributed by atoms with Crippen LogP contribution in [0.2, 0.25) is 0 Å². The first-order chi connectivity index (χ1) is 15.7. The summed E-state index contributed by atoms with van der Waals surface area (Å²) in [6, 6.07) is 17.3. The van der Waals surface area contributed by atoms with Gasteiger partial charge in [0.25, 0.3) is 21.8 Å². The summed E-state index contributed by atoms with van der Waals surface area (Å²) in [6.07, 6.45) is 0. The average molecular weight is 464 g/mol. The minimum Gasteiger partial charge on any atom is -0.440 e. The first-order valence-electron chi connectivity index (χ1n) is 10.00. The van der Waals surface area contributed by atoms with Crippen molar-refractivity contribution in [2.24, 2.45) is 0 Å². The molecule has 0 saturated heterocycles. The lowest BCUT2D eigenvalue weighted by Crippen LogP contribution is -2.33. The quantitative estimate of drug-likeness (QED) is 0.442. The van der Waals surface area contributed by atoms with Gasteiger partial charge in [0.2, 0.25) is 0 Å². The SMILES string of the molecule is Cc1cccc(NS(=O)(=O)c2ccc(C)c(C(=O)OCN3C(=O)c4ccccc4C3=O)c2)c1. The molecule has 0 spiro atoms. The fourth-order valence-corrected chi connectivity index (χ4v) is 4.54. The van der Waals surface area contributed by atoms with Crippen molar-refractivity contribution in [3.05, 3.63) is 94.5 Å². The highest BCUT2D eigenvalue weighted by atomic mass is 32.2. The van der Waals surface area contributed by atoms with Crippen LogP contribution in [0, 0.1) is 13.8 Å². The van der Waals surface area contributed by atoms with Crippen molar-refractivity contribution < 1.29 is 27.5 Å². The number of fused-ring (bicyclic) bond motifs is 1. The van der Waals surface area contributed by atoms with Crippen LogP contribution in [0.1, 0.15) is 42.2 Å². The van der Waals surface area contributed by atoms with E-state index in [2.05, 4.69) is 4.72 Å². The molecule has 0 fully saturated rings. The van der Waals surface area contributed by atoms with Crippen molar-refractivity contribution in [1.29, 1.82) is 0 Å². The predicted molar refractivity (Wildman–Crippen MR) is 120 cm³/mol. The molecule has 168 valence electrons. The molecule has 3 aromatic carbocycles. The molecule has 0 aliphatic carbocycles. The van der Waals surface area contributed by atoms with E-state index in [1.807, 2.05) is 13.0 Å². The first-order valence-corrected chi connectivity index (χ1v) is 11.5. The summed E-state index contributed by atoms with van der Waals surface area (Å²) in [4.78, 5) is 38.3. The molecule has 0 unspecified atom stereocenters. The molecule has 33 heavy (non-hydrogen) atoms. The molecule has 1 aliphatic rings. The molecule has 0 aromatic heterocycles. The molecule has 1 heterocycles. The van der Waals surface area contributed by atoms with Gasteiger partial charge in [-0.1, -0.05) is 30.3 Å². The summed E-state index contributed by atoms with van der Waals surface area (Å²) < 4.78 is 33.3. The summed E-state index contributed by atoms with van der Waals surface area (Å²) >= 11 is 0. The number of hydrogen-bond donors (Lipinski definition) is 1. The zero-order chi connectivity index (χ0) is 23.8. The third kappa shape index (κ3) is 4.35. The molecule has 0 saturated carbocycles. The lowest BCUT2D eigenvalue weighted by Gasteiger charge is -2.15. The van der Waals surface area contributed by atoms with E-state index >= 15 is 0 Å². The van der Waals surface area contributed by atoms with Crippen LogP contribution in [-0.2, 0) is 14.8 Å². The van der Waals surface area contributed by atoms with E-state index in [1.165, 1.54) is 30.3 Å². The third-order valence-electron chi connectivity index (χ3n) is 5.21. The third-order valence-corrected chi connectivity index (χ3v) is 6.59. The molecule has 1 aliphatic heterocycles. The van der Waals surface area contributed by atoms with Crippen LogP contribution in [0.3, 0.4) is 0 Å². The van der Waals surface area contributed by atoms with E-state index in [-0.39, 0.29) is 21.6 Å². The van der Waals surface area contributed by atoms with E-state index in [4.69, 9.17) is 4.74 Å². The number of nitrogens with zero attached hydrogens (tertiary/aromatic N) is 1. The Hall–Kier alpha value is -3.98. The van der Waals surface area contributed by atoms with Crippen LogP contribution >= 0.6 is 0 Å². The summed E-state index contributed by atoms with van der Waals surface area (Å²) in [7, 11) is -3.96. The highest BCUT2D eigenvalue weighted by Gasteiger charge is 2.36. The van der Waals surface area contributed by atoms with Gasteiger partial charge in [-0.15, -0.1) is 0 Å². The van der Waals surface area contributed by atoms with Gasteiger partial charge in [0.05, 0.1) is 21.6 Å². The average Bonchev–Trinajstić information content (AvgIpc) is 3.02. The van der Waals surface area contributed by atoms with Crippen molar-refractivity contribution in [2.75, 3.05) is 11.5 Å². The van der Waals surface area contributed by atoms with Gasteiger partial charge in [0, 0.05) is 5.69 Å². The highest BCUT2D eigenvalue weighted by Crippen LogP contribution is 2.24.